The molecule has 0 spiro atoms. The molecule has 0 saturated heterocycles. The van der Waals surface area contributed by atoms with E-state index in [-0.39, 0.29) is 22.6 Å². The number of nitrogens with two attached hydrogens (primary N) is 1. The first kappa shape index (κ1) is 15.3. The number of hydrogen-bond donors (Lipinski definition) is 1. The second-order valence-electron chi connectivity index (χ2n) is 4.30. The van der Waals surface area contributed by atoms with Crippen LogP contribution in [0.3, 0.4) is 0 Å². The minimum atomic E-state index is -4.02. The van der Waals surface area contributed by atoms with Crippen LogP contribution >= 0.6 is 0 Å². The van der Waals surface area contributed by atoms with Crippen molar-refractivity contribution >= 4 is 15.6 Å². The van der Waals surface area contributed by atoms with Crippen LogP contribution < -0.4 is 5.14 Å². The summed E-state index contributed by atoms with van der Waals surface area (Å²) in [5.41, 5.74) is 0.0268. The zero-order valence-electron chi connectivity index (χ0n) is 11.0. The highest BCUT2D eigenvalue weighted by molar-refractivity contribution is 7.93. The Balaban J connectivity index is 2.61. The second-order valence-corrected chi connectivity index (χ2v) is 6.00. The van der Waals surface area contributed by atoms with E-state index in [0.29, 0.717) is 6.07 Å². The highest BCUT2D eigenvalue weighted by Gasteiger charge is 2.19. The number of allylic oxidation sites excluding steroid dienone is 2. The molecule has 0 fully saturated rings. The van der Waals surface area contributed by atoms with Gasteiger partial charge in [0.05, 0.1) is 11.4 Å². The summed E-state index contributed by atoms with van der Waals surface area (Å²) in [6, 6.07) is 2.87. The summed E-state index contributed by atoms with van der Waals surface area (Å²) in [6.07, 6.45) is 2.60. The van der Waals surface area contributed by atoms with Crippen molar-refractivity contribution in [2.45, 2.75) is 13.5 Å². The van der Waals surface area contributed by atoms with Crippen molar-refractivity contribution in [3.8, 4) is 0 Å². The van der Waals surface area contributed by atoms with E-state index in [1.807, 2.05) is 0 Å². The molecule has 1 aromatic carbocycles. The van der Waals surface area contributed by atoms with E-state index < -0.39 is 21.7 Å². The molecule has 2 rings (SSSR count). The zero-order chi connectivity index (χ0) is 15.6. The molecule has 0 bridgehead atoms. The third-order valence-corrected chi connectivity index (χ3v) is 3.99. The van der Waals surface area contributed by atoms with Gasteiger partial charge in [-0.05, 0) is 24.6 Å². The van der Waals surface area contributed by atoms with Crippen LogP contribution in [0.2, 0.25) is 0 Å². The summed E-state index contributed by atoms with van der Waals surface area (Å²) in [5, 5.41) is 8.93. The number of aromatic nitrogens is 3. The molecule has 0 aliphatic heterocycles. The Bertz CT molecular complexity index is 786. The van der Waals surface area contributed by atoms with Gasteiger partial charge in [0.15, 0.2) is 0 Å². The molecule has 0 radical (unpaired) electrons. The predicted octanol–water partition coefficient (Wildman–Crippen LogP) is 1.28. The Morgan fingerprint density at radius 1 is 1.38 bits per heavy atom. The number of hydrogen-bond acceptors (Lipinski definition) is 4. The molecular formula is C12H12F2N4O2S. The summed E-state index contributed by atoms with van der Waals surface area (Å²) in [5.74, 6) is -1.64. The van der Waals surface area contributed by atoms with Gasteiger partial charge in [0.1, 0.15) is 24.3 Å². The van der Waals surface area contributed by atoms with Crippen LogP contribution in [0.4, 0.5) is 8.78 Å². The second kappa shape index (κ2) is 5.70. The first-order chi connectivity index (χ1) is 9.79. The molecule has 2 aromatic rings. The molecule has 6 nitrogen and oxygen atoms in total. The summed E-state index contributed by atoms with van der Waals surface area (Å²) in [7, 11) is -4.02. The molecular weight excluding hydrogens is 302 g/mol. The fourth-order valence-corrected chi connectivity index (χ4v) is 2.29. The molecule has 1 aromatic heterocycles. The molecule has 112 valence electrons. The lowest BCUT2D eigenvalue weighted by Crippen LogP contribution is -2.16. The quantitative estimate of drug-likeness (QED) is 0.920. The van der Waals surface area contributed by atoms with Gasteiger partial charge >= 0.3 is 0 Å². The van der Waals surface area contributed by atoms with Gasteiger partial charge in [-0.3, -0.25) is 0 Å². The van der Waals surface area contributed by atoms with Crippen LogP contribution in [0.1, 0.15) is 12.5 Å². The van der Waals surface area contributed by atoms with Gasteiger partial charge in [-0.1, -0.05) is 0 Å². The lowest BCUT2D eigenvalue weighted by Gasteiger charge is -2.12. The van der Waals surface area contributed by atoms with Gasteiger partial charge < -0.3 is 0 Å². The van der Waals surface area contributed by atoms with Crippen molar-refractivity contribution in [3.05, 3.63) is 53.0 Å². The summed E-state index contributed by atoms with van der Waals surface area (Å²) < 4.78 is 51.3. The van der Waals surface area contributed by atoms with Crippen LogP contribution in [0.15, 0.2) is 35.8 Å². The van der Waals surface area contributed by atoms with Crippen molar-refractivity contribution in [2.75, 3.05) is 0 Å². The van der Waals surface area contributed by atoms with E-state index in [1.54, 1.807) is 0 Å². The largest absolute Gasteiger partial charge is 0.248 e. The van der Waals surface area contributed by atoms with Crippen LogP contribution in [-0.2, 0) is 16.6 Å². The van der Waals surface area contributed by atoms with E-state index in [9.17, 15) is 17.2 Å². The summed E-state index contributed by atoms with van der Waals surface area (Å²) >= 11 is 0. The molecule has 21 heavy (non-hydrogen) atoms. The first-order valence-corrected chi connectivity index (χ1v) is 7.34. The SMILES string of the molecule is CC(=C(Cn1cncn1)c1ccc(F)cc1F)S(N)(=O)=O. The standard InChI is InChI=1S/C12H12F2N4O2S/c1-8(21(15,19)20)11(5-18-7-16-6-17-18)10-3-2-9(13)4-12(10)14/h2-4,6-7H,5H2,1H3,(H2,15,19,20). The van der Waals surface area contributed by atoms with E-state index in [1.165, 1.54) is 24.3 Å². The van der Waals surface area contributed by atoms with Crippen LogP contribution in [0.25, 0.3) is 5.57 Å². The lowest BCUT2D eigenvalue weighted by molar-refractivity contribution is 0.579. The Kier molecular flexibility index (Phi) is 4.14. The molecule has 9 heteroatoms. The Morgan fingerprint density at radius 2 is 2.10 bits per heavy atom. The van der Waals surface area contributed by atoms with Gasteiger partial charge in [-0.2, -0.15) is 5.10 Å². The van der Waals surface area contributed by atoms with E-state index >= 15 is 0 Å². The van der Waals surface area contributed by atoms with Gasteiger partial charge in [0.25, 0.3) is 0 Å². The van der Waals surface area contributed by atoms with E-state index in [0.717, 1.165) is 12.1 Å². The predicted molar refractivity (Wildman–Crippen MR) is 72.1 cm³/mol. The van der Waals surface area contributed by atoms with Crippen molar-refractivity contribution < 1.29 is 17.2 Å². The van der Waals surface area contributed by atoms with E-state index in [2.05, 4.69) is 10.1 Å². The zero-order valence-corrected chi connectivity index (χ0v) is 11.8. The Morgan fingerprint density at radius 3 is 2.62 bits per heavy atom. The van der Waals surface area contributed by atoms with Crippen LogP contribution in [0.5, 0.6) is 0 Å². The smallest absolute Gasteiger partial charge is 0.234 e. The van der Waals surface area contributed by atoms with Crippen molar-refractivity contribution in [1.82, 2.24) is 14.8 Å². The van der Waals surface area contributed by atoms with Gasteiger partial charge in [0, 0.05) is 11.6 Å². The molecule has 0 unspecified atom stereocenters. The molecule has 1 heterocycles. The molecule has 0 aliphatic rings. The Labute approximate surface area is 120 Å². The maximum absolute atomic E-state index is 13.9. The van der Waals surface area contributed by atoms with Crippen LogP contribution in [0, 0.1) is 11.6 Å². The van der Waals surface area contributed by atoms with Gasteiger partial charge in [0.2, 0.25) is 10.0 Å². The van der Waals surface area contributed by atoms with Crippen molar-refractivity contribution in [2.24, 2.45) is 5.14 Å². The highest BCUT2D eigenvalue weighted by atomic mass is 32.2. The van der Waals surface area contributed by atoms with Crippen molar-refractivity contribution in [1.29, 1.82) is 0 Å². The molecule has 2 N–H and O–H groups in total. The molecule has 0 amide bonds. The average Bonchev–Trinajstić information content (AvgIpc) is 2.87. The van der Waals surface area contributed by atoms with Crippen molar-refractivity contribution in [3.63, 3.8) is 0 Å². The third-order valence-electron chi connectivity index (χ3n) is 2.89. The number of halogens is 2. The topological polar surface area (TPSA) is 90.9 Å². The lowest BCUT2D eigenvalue weighted by atomic mass is 10.0. The Hall–Kier alpha value is -2.13. The number of benzene rings is 1. The minimum Gasteiger partial charge on any atom is -0.248 e. The monoisotopic (exact) mass is 314 g/mol. The fraction of sp³-hybridized carbons (Fsp3) is 0.167. The summed E-state index contributed by atoms with van der Waals surface area (Å²) in [4.78, 5) is 3.50. The first-order valence-electron chi connectivity index (χ1n) is 5.79. The minimum absolute atomic E-state index is 0.0570. The fourth-order valence-electron chi connectivity index (χ4n) is 1.77. The average molecular weight is 314 g/mol. The van der Waals surface area contributed by atoms with Crippen LogP contribution in [-0.4, -0.2) is 23.2 Å². The van der Waals surface area contributed by atoms with E-state index in [4.69, 9.17) is 5.14 Å². The molecule has 0 aliphatic carbocycles. The maximum Gasteiger partial charge on any atom is 0.234 e. The molecule has 0 saturated carbocycles. The van der Waals surface area contributed by atoms with Gasteiger partial charge in [-0.25, -0.2) is 32.0 Å². The number of sulfonamides is 1. The number of primary sulfonamides is 1. The summed E-state index contributed by atoms with van der Waals surface area (Å²) in [6.45, 7) is 1.19. The third kappa shape index (κ3) is 3.50. The van der Waals surface area contributed by atoms with Gasteiger partial charge in [-0.15, -0.1) is 0 Å². The normalized spacial score (nSPS) is 13.1. The molecule has 0 atom stereocenters. The number of rotatable bonds is 4. The number of nitrogens with zero attached hydrogens (tertiary/aromatic N) is 3. The highest BCUT2D eigenvalue weighted by Crippen LogP contribution is 2.25. The maximum atomic E-state index is 13.9.